The van der Waals surface area contributed by atoms with Gasteiger partial charge in [-0.1, -0.05) is 6.07 Å². The van der Waals surface area contributed by atoms with E-state index in [1.165, 1.54) is 61.5 Å². The fourth-order valence-electron chi connectivity index (χ4n) is 5.98. The molecular weight excluding hydrogens is 509 g/mol. The fraction of sp³-hybridized carbons (Fsp3) is 0.214. The highest BCUT2D eigenvalue weighted by molar-refractivity contribution is 6.25. The molecule has 2 saturated heterocycles. The van der Waals surface area contributed by atoms with Crippen LogP contribution >= 0.6 is 0 Å². The van der Waals surface area contributed by atoms with E-state index in [-0.39, 0.29) is 34.9 Å². The zero-order valence-electron chi connectivity index (χ0n) is 20.5. The number of ether oxygens (including phenoxy) is 1. The van der Waals surface area contributed by atoms with Crippen molar-refractivity contribution in [3.8, 4) is 17.2 Å². The lowest BCUT2D eigenvalue weighted by atomic mass is 9.76. The third-order valence-electron chi connectivity index (χ3n) is 7.53. The lowest BCUT2D eigenvalue weighted by Crippen LogP contribution is -2.53. The largest absolute Gasteiger partial charge is 0.504 e. The van der Waals surface area contributed by atoms with Crippen LogP contribution in [0.1, 0.15) is 18.1 Å². The maximum atomic E-state index is 14.4. The number of halogens is 1. The van der Waals surface area contributed by atoms with Gasteiger partial charge in [-0.2, -0.15) is 0 Å². The normalized spacial score (nSPS) is 25.1. The van der Waals surface area contributed by atoms with Gasteiger partial charge in [-0.05, 0) is 66.6 Å². The molecule has 10 nitrogen and oxygen atoms in total. The summed E-state index contributed by atoms with van der Waals surface area (Å²) < 4.78 is 19.5. The number of imide groups is 1. The van der Waals surface area contributed by atoms with Crippen LogP contribution in [0.5, 0.6) is 17.2 Å². The summed E-state index contributed by atoms with van der Waals surface area (Å²) in [5, 5.41) is 25.6. The predicted molar refractivity (Wildman–Crippen MR) is 134 cm³/mol. The number of nitrogens with zero attached hydrogens (tertiary/aromatic N) is 1. The zero-order valence-corrected chi connectivity index (χ0v) is 20.5. The molecule has 3 aromatic carbocycles. The number of nitrogens with one attached hydrogen (secondary N) is 2. The van der Waals surface area contributed by atoms with E-state index in [4.69, 9.17) is 4.74 Å². The maximum absolute atomic E-state index is 14.4. The Balaban J connectivity index is 1.45. The summed E-state index contributed by atoms with van der Waals surface area (Å²) in [6, 6.07) is 13.0. The number of rotatable bonds is 4. The van der Waals surface area contributed by atoms with Crippen LogP contribution in [-0.4, -0.2) is 39.9 Å². The van der Waals surface area contributed by atoms with Crippen molar-refractivity contribution in [3.63, 3.8) is 0 Å². The first kappa shape index (κ1) is 24.6. The average molecular weight is 531 g/mol. The molecule has 39 heavy (non-hydrogen) atoms. The molecule has 4 N–H and O–H groups in total. The molecule has 11 heteroatoms. The van der Waals surface area contributed by atoms with Gasteiger partial charge in [-0.25, -0.2) is 9.29 Å². The molecule has 6 rings (SSSR count). The Morgan fingerprint density at radius 3 is 2.44 bits per heavy atom. The van der Waals surface area contributed by atoms with Gasteiger partial charge in [0, 0.05) is 24.2 Å². The number of fused-ring (bicyclic) bond motifs is 4. The van der Waals surface area contributed by atoms with Gasteiger partial charge >= 0.3 is 5.97 Å². The van der Waals surface area contributed by atoms with Crippen molar-refractivity contribution in [3.05, 3.63) is 77.6 Å². The van der Waals surface area contributed by atoms with Crippen molar-refractivity contribution in [2.45, 2.75) is 24.9 Å². The zero-order chi connectivity index (χ0) is 27.6. The molecule has 3 aliphatic heterocycles. The van der Waals surface area contributed by atoms with Gasteiger partial charge in [-0.3, -0.25) is 24.5 Å². The Kier molecular flexibility index (Phi) is 5.44. The molecule has 3 aromatic rings. The first-order valence-electron chi connectivity index (χ1n) is 12.2. The maximum Gasteiger partial charge on any atom is 0.308 e. The summed E-state index contributed by atoms with van der Waals surface area (Å²) in [5.41, 5.74) is -0.387. The van der Waals surface area contributed by atoms with Crippen LogP contribution in [0.3, 0.4) is 0 Å². The van der Waals surface area contributed by atoms with Crippen molar-refractivity contribution in [1.29, 1.82) is 0 Å². The number of hydrogen-bond donors (Lipinski definition) is 4. The fourth-order valence-corrected chi connectivity index (χ4v) is 5.98. The van der Waals surface area contributed by atoms with Gasteiger partial charge < -0.3 is 20.3 Å². The molecule has 0 saturated carbocycles. The van der Waals surface area contributed by atoms with Crippen molar-refractivity contribution in [1.82, 2.24) is 5.32 Å². The number of esters is 1. The second kappa shape index (κ2) is 8.63. The Morgan fingerprint density at radius 2 is 1.74 bits per heavy atom. The first-order valence-corrected chi connectivity index (χ1v) is 12.2. The highest BCUT2D eigenvalue weighted by atomic mass is 19.1. The molecule has 0 unspecified atom stereocenters. The average Bonchev–Trinajstić information content (AvgIpc) is 3.46. The predicted octanol–water partition coefficient (Wildman–Crippen LogP) is 2.33. The number of amides is 3. The summed E-state index contributed by atoms with van der Waals surface area (Å²) in [6.45, 7) is 1.25. The number of anilines is 2. The summed E-state index contributed by atoms with van der Waals surface area (Å²) in [7, 11) is 0. The van der Waals surface area contributed by atoms with Crippen molar-refractivity contribution >= 4 is 35.1 Å². The molecule has 0 radical (unpaired) electrons. The molecule has 198 valence electrons. The molecule has 4 atom stereocenters. The highest BCUT2D eigenvalue weighted by Crippen LogP contribution is 2.54. The van der Waals surface area contributed by atoms with Crippen LogP contribution in [0.4, 0.5) is 15.8 Å². The molecule has 0 aromatic heterocycles. The molecule has 2 fully saturated rings. The minimum absolute atomic E-state index is 0.118. The van der Waals surface area contributed by atoms with Gasteiger partial charge in [0.05, 0.1) is 17.5 Å². The molecule has 3 heterocycles. The number of aromatic hydroxyl groups is 2. The second-order valence-corrected chi connectivity index (χ2v) is 9.83. The van der Waals surface area contributed by atoms with Crippen LogP contribution in [0.25, 0.3) is 0 Å². The van der Waals surface area contributed by atoms with Crippen LogP contribution in [0.15, 0.2) is 60.7 Å². The summed E-state index contributed by atoms with van der Waals surface area (Å²) >= 11 is 0. The van der Waals surface area contributed by atoms with E-state index in [9.17, 15) is 33.8 Å². The molecule has 3 aliphatic rings. The number of carbonyl (C=O) groups excluding carboxylic acids is 4. The second-order valence-electron chi connectivity index (χ2n) is 9.83. The molecule has 1 spiro atoms. The Hall–Kier alpha value is -4.77. The van der Waals surface area contributed by atoms with E-state index in [0.717, 1.165) is 4.90 Å². The van der Waals surface area contributed by atoms with Gasteiger partial charge in [0.1, 0.15) is 17.1 Å². The Morgan fingerprint density at radius 1 is 1.00 bits per heavy atom. The number of hydrogen-bond acceptors (Lipinski definition) is 8. The quantitative estimate of drug-likeness (QED) is 0.174. The summed E-state index contributed by atoms with van der Waals surface area (Å²) in [5.74, 6) is -5.56. The van der Waals surface area contributed by atoms with Crippen LogP contribution in [-0.2, 0) is 31.1 Å². The number of phenols is 2. The van der Waals surface area contributed by atoms with Crippen LogP contribution in [0.2, 0.25) is 0 Å². The number of benzene rings is 3. The Bertz CT molecular complexity index is 1570. The van der Waals surface area contributed by atoms with Crippen molar-refractivity contribution in [2.75, 3.05) is 10.2 Å². The van der Waals surface area contributed by atoms with E-state index in [2.05, 4.69) is 10.6 Å². The smallest absolute Gasteiger partial charge is 0.308 e. The lowest BCUT2D eigenvalue weighted by Gasteiger charge is -2.29. The van der Waals surface area contributed by atoms with Gasteiger partial charge in [0.15, 0.2) is 11.5 Å². The van der Waals surface area contributed by atoms with E-state index in [1.807, 2.05) is 0 Å². The van der Waals surface area contributed by atoms with E-state index in [0.29, 0.717) is 11.3 Å². The van der Waals surface area contributed by atoms with Gasteiger partial charge in [-0.15, -0.1) is 0 Å². The van der Waals surface area contributed by atoms with Crippen LogP contribution in [0, 0.1) is 17.7 Å². The monoisotopic (exact) mass is 531 g/mol. The van der Waals surface area contributed by atoms with Crippen molar-refractivity contribution in [2.24, 2.45) is 11.8 Å². The standard InChI is InChI=1S/C28H22FN3O7/c1-13(33)39-17-6-4-16(5-7-17)32-25(36)23-20(10-14-2-9-21(34)22(35)11-14)31-28(24(23)26(32)37)18-12-15(29)3-8-19(18)30-27(28)38/h2-9,11-12,20,23-24,31,34-35H,10H2,1H3,(H,30,38)/t20-,23+,24-,28-/m0/s1. The molecule has 0 bridgehead atoms. The number of phenolic OH excluding ortho intramolecular Hbond substituents is 2. The topological polar surface area (TPSA) is 145 Å². The molecular formula is C28H22FN3O7. The van der Waals surface area contributed by atoms with Crippen LogP contribution < -0.4 is 20.3 Å². The Labute approximate surface area is 221 Å². The third-order valence-corrected chi connectivity index (χ3v) is 7.53. The summed E-state index contributed by atoms with van der Waals surface area (Å²) in [6.07, 6.45) is 0.118. The molecule has 3 amide bonds. The summed E-state index contributed by atoms with van der Waals surface area (Å²) in [4.78, 5) is 53.7. The van der Waals surface area contributed by atoms with Gasteiger partial charge in [0.25, 0.3) is 0 Å². The highest BCUT2D eigenvalue weighted by Gasteiger charge is 2.70. The lowest BCUT2D eigenvalue weighted by molar-refractivity contribution is -0.132. The SMILES string of the molecule is CC(=O)Oc1ccc(N2C(=O)[C@@H]3[C@H](Cc4ccc(O)c(O)c4)N[C@]4(C(=O)Nc5ccc(F)cc54)[C@@H]3C2=O)cc1. The van der Waals surface area contributed by atoms with E-state index < -0.39 is 52.9 Å². The third kappa shape index (κ3) is 3.65. The number of carbonyl (C=O) groups is 4. The minimum atomic E-state index is -1.72. The van der Waals surface area contributed by atoms with Gasteiger partial charge in [0.2, 0.25) is 17.7 Å². The first-order chi connectivity index (χ1) is 18.6. The van der Waals surface area contributed by atoms with Crippen molar-refractivity contribution < 1.29 is 38.5 Å². The van der Waals surface area contributed by atoms with E-state index in [1.54, 1.807) is 6.07 Å². The molecule has 0 aliphatic carbocycles. The minimum Gasteiger partial charge on any atom is -0.504 e. The van der Waals surface area contributed by atoms with E-state index >= 15 is 0 Å².